The third kappa shape index (κ3) is 3.51. The summed E-state index contributed by atoms with van der Waals surface area (Å²) in [5.41, 5.74) is 0.688. The maximum atomic E-state index is 12.6. The lowest BCUT2D eigenvalue weighted by molar-refractivity contribution is 0.0678. The van der Waals surface area contributed by atoms with E-state index in [-0.39, 0.29) is 5.91 Å². The summed E-state index contributed by atoms with van der Waals surface area (Å²) in [4.78, 5) is 14.7. The van der Waals surface area contributed by atoms with Crippen LogP contribution in [0.5, 0.6) is 0 Å². The van der Waals surface area contributed by atoms with Crippen LogP contribution in [0.15, 0.2) is 22.7 Å². The summed E-state index contributed by atoms with van der Waals surface area (Å²) in [5.74, 6) is 0.114. The van der Waals surface area contributed by atoms with E-state index in [1.807, 2.05) is 17.0 Å². The summed E-state index contributed by atoms with van der Waals surface area (Å²) >= 11 is 9.44. The van der Waals surface area contributed by atoms with Crippen molar-refractivity contribution in [2.75, 3.05) is 6.54 Å². The Labute approximate surface area is 128 Å². The van der Waals surface area contributed by atoms with Crippen LogP contribution in [0.3, 0.4) is 0 Å². The SMILES string of the molecule is CCC1CCCCCN1C(=O)c1ccc(Br)c(Cl)c1. The Hall–Kier alpha value is -0.540. The molecule has 0 bridgehead atoms. The van der Waals surface area contributed by atoms with Crippen molar-refractivity contribution in [1.29, 1.82) is 0 Å². The molecule has 0 saturated carbocycles. The number of likely N-dealkylation sites (tertiary alicyclic amines) is 1. The van der Waals surface area contributed by atoms with Crippen LogP contribution in [0.2, 0.25) is 5.02 Å². The molecular formula is C15H19BrClNO. The van der Waals surface area contributed by atoms with Crippen LogP contribution < -0.4 is 0 Å². The zero-order chi connectivity index (χ0) is 13.8. The largest absolute Gasteiger partial charge is 0.336 e. The van der Waals surface area contributed by atoms with Gasteiger partial charge in [-0.3, -0.25) is 4.79 Å². The molecule has 1 atom stereocenters. The van der Waals surface area contributed by atoms with Crippen molar-refractivity contribution in [3.63, 3.8) is 0 Å². The molecule has 0 aromatic heterocycles. The molecule has 1 amide bonds. The van der Waals surface area contributed by atoms with Crippen LogP contribution in [-0.2, 0) is 0 Å². The Balaban J connectivity index is 2.22. The van der Waals surface area contributed by atoms with Crippen molar-refractivity contribution in [3.05, 3.63) is 33.3 Å². The van der Waals surface area contributed by atoms with Crippen LogP contribution >= 0.6 is 27.5 Å². The molecule has 0 spiro atoms. The quantitative estimate of drug-likeness (QED) is 0.747. The van der Waals surface area contributed by atoms with E-state index in [0.717, 1.165) is 30.3 Å². The highest BCUT2D eigenvalue weighted by molar-refractivity contribution is 9.10. The van der Waals surface area contributed by atoms with Crippen LogP contribution in [0, 0.1) is 0 Å². The van der Waals surface area contributed by atoms with Crippen LogP contribution in [0.4, 0.5) is 0 Å². The third-order valence-electron chi connectivity index (χ3n) is 3.78. The van der Waals surface area contributed by atoms with Gasteiger partial charge >= 0.3 is 0 Å². The standard InChI is InChI=1S/C15H19BrClNO/c1-2-12-6-4-3-5-9-18(12)15(19)11-7-8-13(16)14(17)10-11/h7-8,10,12H,2-6,9H2,1H3. The van der Waals surface area contributed by atoms with Gasteiger partial charge in [0.05, 0.1) is 5.02 Å². The van der Waals surface area contributed by atoms with Gasteiger partial charge in [0.2, 0.25) is 0 Å². The van der Waals surface area contributed by atoms with E-state index in [4.69, 9.17) is 11.6 Å². The van der Waals surface area contributed by atoms with E-state index in [2.05, 4.69) is 22.9 Å². The molecule has 104 valence electrons. The first-order valence-corrected chi connectivity index (χ1v) is 8.06. The van der Waals surface area contributed by atoms with E-state index >= 15 is 0 Å². The number of nitrogens with zero attached hydrogens (tertiary/aromatic N) is 1. The van der Waals surface area contributed by atoms with Gasteiger partial charge in [-0.15, -0.1) is 0 Å². The minimum Gasteiger partial charge on any atom is -0.336 e. The fraction of sp³-hybridized carbons (Fsp3) is 0.533. The zero-order valence-electron chi connectivity index (χ0n) is 11.2. The molecule has 0 N–H and O–H groups in total. The number of halogens is 2. The van der Waals surface area contributed by atoms with Gasteiger partial charge in [0.1, 0.15) is 0 Å². The maximum absolute atomic E-state index is 12.6. The predicted octanol–water partition coefficient (Wildman–Crippen LogP) is 4.90. The molecule has 2 nitrogen and oxygen atoms in total. The highest BCUT2D eigenvalue weighted by atomic mass is 79.9. The Morgan fingerprint density at radius 1 is 1.42 bits per heavy atom. The molecule has 4 heteroatoms. The minimum absolute atomic E-state index is 0.114. The average Bonchev–Trinajstić information content (AvgIpc) is 2.66. The van der Waals surface area contributed by atoms with Crippen molar-refractivity contribution >= 4 is 33.4 Å². The summed E-state index contributed by atoms with van der Waals surface area (Å²) in [7, 11) is 0. The van der Waals surface area contributed by atoms with Crippen LogP contribution in [0.25, 0.3) is 0 Å². The topological polar surface area (TPSA) is 20.3 Å². The molecule has 1 unspecified atom stereocenters. The average molecular weight is 345 g/mol. The van der Waals surface area contributed by atoms with Gasteiger partial charge in [-0.1, -0.05) is 31.4 Å². The summed E-state index contributed by atoms with van der Waals surface area (Å²) in [6, 6.07) is 5.81. The second-order valence-electron chi connectivity index (χ2n) is 5.04. The van der Waals surface area contributed by atoms with Crippen molar-refractivity contribution in [2.45, 2.75) is 45.1 Å². The fourth-order valence-electron chi connectivity index (χ4n) is 2.66. The van der Waals surface area contributed by atoms with E-state index in [1.165, 1.54) is 12.8 Å². The number of carbonyl (C=O) groups excluding carboxylic acids is 1. The number of rotatable bonds is 2. The van der Waals surface area contributed by atoms with Gasteiger partial charge in [-0.05, 0) is 53.4 Å². The lowest BCUT2D eigenvalue weighted by Crippen LogP contribution is -2.39. The Kier molecular flexibility index (Phi) is 5.28. The first kappa shape index (κ1) is 14.9. The van der Waals surface area contributed by atoms with Crippen molar-refractivity contribution in [2.24, 2.45) is 0 Å². The second kappa shape index (κ2) is 6.76. The lowest BCUT2D eigenvalue weighted by atomic mass is 10.1. The molecule has 1 fully saturated rings. The monoisotopic (exact) mass is 343 g/mol. The summed E-state index contributed by atoms with van der Waals surface area (Å²) in [6.07, 6.45) is 5.69. The molecule has 1 aromatic rings. The predicted molar refractivity (Wildman–Crippen MR) is 82.7 cm³/mol. The summed E-state index contributed by atoms with van der Waals surface area (Å²) in [6.45, 7) is 3.02. The van der Waals surface area contributed by atoms with Gasteiger partial charge in [0, 0.05) is 22.6 Å². The number of hydrogen-bond donors (Lipinski definition) is 0. The van der Waals surface area contributed by atoms with Gasteiger partial charge in [0.25, 0.3) is 5.91 Å². The fourth-order valence-corrected chi connectivity index (χ4v) is 3.09. The zero-order valence-corrected chi connectivity index (χ0v) is 13.5. The molecule has 2 rings (SSSR count). The molecule has 0 aliphatic carbocycles. The van der Waals surface area contributed by atoms with Crippen molar-refractivity contribution in [3.8, 4) is 0 Å². The normalized spacial score (nSPS) is 20.2. The molecule has 1 saturated heterocycles. The molecule has 1 aliphatic heterocycles. The first-order chi connectivity index (χ1) is 9.13. The van der Waals surface area contributed by atoms with Crippen LogP contribution in [-0.4, -0.2) is 23.4 Å². The van der Waals surface area contributed by atoms with E-state index in [9.17, 15) is 4.79 Å². The molecule has 0 radical (unpaired) electrons. The molecular weight excluding hydrogens is 326 g/mol. The Bertz CT molecular complexity index is 463. The molecule has 1 aliphatic rings. The smallest absolute Gasteiger partial charge is 0.254 e. The number of carbonyl (C=O) groups is 1. The van der Waals surface area contributed by atoms with E-state index in [1.54, 1.807) is 6.07 Å². The minimum atomic E-state index is 0.114. The number of benzene rings is 1. The second-order valence-corrected chi connectivity index (χ2v) is 6.30. The first-order valence-electron chi connectivity index (χ1n) is 6.89. The Morgan fingerprint density at radius 3 is 2.89 bits per heavy atom. The molecule has 1 aromatic carbocycles. The van der Waals surface area contributed by atoms with Crippen molar-refractivity contribution in [1.82, 2.24) is 4.90 Å². The highest BCUT2D eigenvalue weighted by Crippen LogP contribution is 2.26. The van der Waals surface area contributed by atoms with Gasteiger partial charge in [-0.25, -0.2) is 0 Å². The summed E-state index contributed by atoms with van der Waals surface area (Å²) in [5, 5.41) is 0.591. The van der Waals surface area contributed by atoms with E-state index < -0.39 is 0 Å². The Morgan fingerprint density at radius 2 is 2.21 bits per heavy atom. The molecule has 19 heavy (non-hydrogen) atoms. The van der Waals surface area contributed by atoms with Gasteiger partial charge < -0.3 is 4.90 Å². The number of amides is 1. The van der Waals surface area contributed by atoms with Crippen molar-refractivity contribution < 1.29 is 4.79 Å². The summed E-state index contributed by atoms with van der Waals surface area (Å²) < 4.78 is 0.827. The van der Waals surface area contributed by atoms with E-state index in [0.29, 0.717) is 16.6 Å². The third-order valence-corrected chi connectivity index (χ3v) is 5.01. The molecule has 1 heterocycles. The van der Waals surface area contributed by atoms with Gasteiger partial charge in [0.15, 0.2) is 0 Å². The van der Waals surface area contributed by atoms with Crippen LogP contribution in [0.1, 0.15) is 49.4 Å². The number of hydrogen-bond acceptors (Lipinski definition) is 1. The highest BCUT2D eigenvalue weighted by Gasteiger charge is 2.25. The maximum Gasteiger partial charge on any atom is 0.254 e. The lowest BCUT2D eigenvalue weighted by Gasteiger charge is -2.29. The van der Waals surface area contributed by atoms with Gasteiger partial charge in [-0.2, -0.15) is 0 Å².